The third-order valence-corrected chi connectivity index (χ3v) is 3.95. The lowest BCUT2D eigenvalue weighted by molar-refractivity contribution is 0.224. The second kappa shape index (κ2) is 5.51. The highest BCUT2D eigenvalue weighted by Crippen LogP contribution is 2.31. The SMILES string of the molecule is O=C(NC1CCCCC1)NC1COc2ccccc21. The van der Waals surface area contributed by atoms with Crippen molar-refractivity contribution >= 4 is 6.03 Å². The Morgan fingerprint density at radius 3 is 2.74 bits per heavy atom. The van der Waals surface area contributed by atoms with Crippen molar-refractivity contribution in [3.05, 3.63) is 29.8 Å². The molecule has 1 unspecified atom stereocenters. The molecule has 0 aromatic heterocycles. The number of benzene rings is 1. The van der Waals surface area contributed by atoms with E-state index in [4.69, 9.17) is 4.74 Å². The Morgan fingerprint density at radius 1 is 1.11 bits per heavy atom. The largest absolute Gasteiger partial charge is 0.491 e. The molecule has 1 aliphatic carbocycles. The summed E-state index contributed by atoms with van der Waals surface area (Å²) in [4.78, 5) is 12.0. The van der Waals surface area contributed by atoms with Gasteiger partial charge in [-0.05, 0) is 18.9 Å². The summed E-state index contributed by atoms with van der Waals surface area (Å²) in [7, 11) is 0. The van der Waals surface area contributed by atoms with Gasteiger partial charge in [0, 0.05) is 11.6 Å². The highest BCUT2D eigenvalue weighted by molar-refractivity contribution is 5.75. The zero-order chi connectivity index (χ0) is 13.1. The van der Waals surface area contributed by atoms with Crippen LogP contribution in [0.4, 0.5) is 4.79 Å². The van der Waals surface area contributed by atoms with Crippen LogP contribution in [0.2, 0.25) is 0 Å². The molecule has 3 rings (SSSR count). The van der Waals surface area contributed by atoms with E-state index in [0.29, 0.717) is 12.6 Å². The molecule has 1 heterocycles. The first-order valence-electron chi connectivity index (χ1n) is 7.12. The van der Waals surface area contributed by atoms with Crippen LogP contribution in [-0.2, 0) is 0 Å². The monoisotopic (exact) mass is 260 g/mol. The number of rotatable bonds is 2. The predicted octanol–water partition coefficient (Wildman–Crippen LogP) is 2.75. The molecule has 1 aromatic rings. The number of para-hydroxylation sites is 1. The van der Waals surface area contributed by atoms with Crippen molar-refractivity contribution in [2.24, 2.45) is 0 Å². The van der Waals surface area contributed by atoms with E-state index < -0.39 is 0 Å². The van der Waals surface area contributed by atoms with Gasteiger partial charge in [-0.1, -0.05) is 37.5 Å². The number of amides is 2. The lowest BCUT2D eigenvalue weighted by atomic mass is 9.96. The van der Waals surface area contributed by atoms with Crippen molar-refractivity contribution in [2.45, 2.75) is 44.2 Å². The van der Waals surface area contributed by atoms with E-state index in [9.17, 15) is 4.79 Å². The molecule has 1 aromatic carbocycles. The molecule has 1 fully saturated rings. The van der Waals surface area contributed by atoms with Crippen LogP contribution in [0, 0.1) is 0 Å². The number of hydrogen-bond donors (Lipinski definition) is 2. The summed E-state index contributed by atoms with van der Waals surface area (Å²) < 4.78 is 5.56. The maximum absolute atomic E-state index is 12.0. The molecule has 1 atom stereocenters. The first-order chi connectivity index (χ1) is 9.33. The van der Waals surface area contributed by atoms with Gasteiger partial charge in [0.05, 0.1) is 6.04 Å². The number of urea groups is 1. The van der Waals surface area contributed by atoms with E-state index in [-0.39, 0.29) is 12.1 Å². The smallest absolute Gasteiger partial charge is 0.315 e. The van der Waals surface area contributed by atoms with Crippen molar-refractivity contribution in [3.63, 3.8) is 0 Å². The van der Waals surface area contributed by atoms with E-state index >= 15 is 0 Å². The quantitative estimate of drug-likeness (QED) is 0.859. The number of nitrogens with one attached hydrogen (secondary N) is 2. The number of ether oxygens (including phenoxy) is 1. The van der Waals surface area contributed by atoms with Gasteiger partial charge in [-0.3, -0.25) is 0 Å². The molecule has 0 bridgehead atoms. The molecule has 0 saturated heterocycles. The van der Waals surface area contributed by atoms with Crippen molar-refractivity contribution in [2.75, 3.05) is 6.61 Å². The minimum Gasteiger partial charge on any atom is -0.491 e. The minimum atomic E-state index is -0.0720. The van der Waals surface area contributed by atoms with Crippen molar-refractivity contribution < 1.29 is 9.53 Å². The zero-order valence-electron chi connectivity index (χ0n) is 11.0. The van der Waals surface area contributed by atoms with E-state index in [1.807, 2.05) is 24.3 Å². The summed E-state index contributed by atoms with van der Waals surface area (Å²) in [5.74, 6) is 0.880. The highest BCUT2D eigenvalue weighted by Gasteiger charge is 2.25. The van der Waals surface area contributed by atoms with Gasteiger partial charge in [-0.25, -0.2) is 4.79 Å². The Morgan fingerprint density at radius 2 is 1.89 bits per heavy atom. The normalized spacial score (nSPS) is 22.4. The van der Waals surface area contributed by atoms with Gasteiger partial charge in [0.25, 0.3) is 0 Å². The zero-order valence-corrected chi connectivity index (χ0v) is 11.0. The lowest BCUT2D eigenvalue weighted by Crippen LogP contribution is -2.44. The number of fused-ring (bicyclic) bond motifs is 1. The number of carbonyl (C=O) groups excluding carboxylic acids is 1. The van der Waals surface area contributed by atoms with E-state index in [0.717, 1.165) is 24.2 Å². The van der Waals surface area contributed by atoms with Gasteiger partial charge in [0.1, 0.15) is 12.4 Å². The Hall–Kier alpha value is -1.71. The molecule has 2 aliphatic rings. The Balaban J connectivity index is 1.55. The minimum absolute atomic E-state index is 0.0280. The summed E-state index contributed by atoms with van der Waals surface area (Å²) in [6, 6.07) is 8.11. The van der Waals surface area contributed by atoms with Crippen LogP contribution in [-0.4, -0.2) is 18.7 Å². The summed E-state index contributed by atoms with van der Waals surface area (Å²) >= 11 is 0. The molecule has 0 radical (unpaired) electrons. The van der Waals surface area contributed by atoms with Gasteiger partial charge in [0.15, 0.2) is 0 Å². The Bertz CT molecular complexity index is 455. The Labute approximate surface area is 113 Å². The first-order valence-corrected chi connectivity index (χ1v) is 7.12. The fourth-order valence-electron chi connectivity index (χ4n) is 2.91. The van der Waals surface area contributed by atoms with Gasteiger partial charge < -0.3 is 15.4 Å². The van der Waals surface area contributed by atoms with Crippen LogP contribution in [0.3, 0.4) is 0 Å². The third-order valence-electron chi connectivity index (χ3n) is 3.95. The average Bonchev–Trinajstić information content (AvgIpc) is 2.83. The van der Waals surface area contributed by atoms with Gasteiger partial charge >= 0.3 is 6.03 Å². The molecule has 4 nitrogen and oxygen atoms in total. The van der Waals surface area contributed by atoms with Crippen molar-refractivity contribution in [1.29, 1.82) is 0 Å². The van der Waals surface area contributed by atoms with E-state index in [1.54, 1.807) is 0 Å². The molecule has 0 spiro atoms. The van der Waals surface area contributed by atoms with Crippen LogP contribution in [0.5, 0.6) is 5.75 Å². The molecular formula is C15H20N2O2. The molecule has 2 N–H and O–H groups in total. The molecule has 4 heteroatoms. The van der Waals surface area contributed by atoms with Crippen LogP contribution in [0.25, 0.3) is 0 Å². The van der Waals surface area contributed by atoms with E-state index in [2.05, 4.69) is 10.6 Å². The summed E-state index contributed by atoms with van der Waals surface area (Å²) in [5, 5.41) is 6.08. The summed E-state index contributed by atoms with van der Waals surface area (Å²) in [6.45, 7) is 0.525. The van der Waals surface area contributed by atoms with Crippen molar-refractivity contribution in [3.8, 4) is 5.75 Å². The maximum atomic E-state index is 12.0. The summed E-state index contributed by atoms with van der Waals surface area (Å²) in [6.07, 6.45) is 5.95. The second-order valence-corrected chi connectivity index (χ2v) is 5.35. The highest BCUT2D eigenvalue weighted by atomic mass is 16.5. The molecular weight excluding hydrogens is 240 g/mol. The van der Waals surface area contributed by atoms with E-state index in [1.165, 1.54) is 19.3 Å². The molecule has 1 aliphatic heterocycles. The average molecular weight is 260 g/mol. The summed E-state index contributed by atoms with van der Waals surface area (Å²) in [5.41, 5.74) is 1.07. The van der Waals surface area contributed by atoms with Gasteiger partial charge in [0.2, 0.25) is 0 Å². The second-order valence-electron chi connectivity index (χ2n) is 5.35. The Kier molecular flexibility index (Phi) is 3.58. The van der Waals surface area contributed by atoms with Gasteiger partial charge in [-0.15, -0.1) is 0 Å². The number of carbonyl (C=O) groups is 1. The fourth-order valence-corrected chi connectivity index (χ4v) is 2.91. The van der Waals surface area contributed by atoms with Crippen LogP contribution >= 0.6 is 0 Å². The first kappa shape index (κ1) is 12.3. The predicted molar refractivity (Wildman–Crippen MR) is 73.2 cm³/mol. The molecule has 2 amide bonds. The van der Waals surface area contributed by atoms with Crippen molar-refractivity contribution in [1.82, 2.24) is 10.6 Å². The van der Waals surface area contributed by atoms with Crippen LogP contribution in [0.15, 0.2) is 24.3 Å². The fraction of sp³-hybridized carbons (Fsp3) is 0.533. The lowest BCUT2D eigenvalue weighted by Gasteiger charge is -2.23. The number of hydrogen-bond acceptors (Lipinski definition) is 2. The van der Waals surface area contributed by atoms with Crippen LogP contribution < -0.4 is 15.4 Å². The molecule has 19 heavy (non-hydrogen) atoms. The van der Waals surface area contributed by atoms with Gasteiger partial charge in [-0.2, -0.15) is 0 Å². The maximum Gasteiger partial charge on any atom is 0.315 e. The van der Waals surface area contributed by atoms with Crippen LogP contribution in [0.1, 0.15) is 43.7 Å². The molecule has 102 valence electrons. The molecule has 1 saturated carbocycles. The standard InChI is InChI=1S/C15H20N2O2/c18-15(16-11-6-2-1-3-7-11)17-13-10-19-14-9-5-4-8-12(13)14/h4-5,8-9,11,13H,1-3,6-7,10H2,(H2,16,17,18). The third kappa shape index (κ3) is 2.83. The topological polar surface area (TPSA) is 50.4 Å².